The van der Waals surface area contributed by atoms with Crippen LogP contribution in [0.15, 0.2) is 0 Å². The first-order valence-electron chi connectivity index (χ1n) is 7.73. The van der Waals surface area contributed by atoms with Crippen molar-refractivity contribution in [3.05, 3.63) is 0 Å². The van der Waals surface area contributed by atoms with Crippen LogP contribution in [0.25, 0.3) is 0 Å². The van der Waals surface area contributed by atoms with Gasteiger partial charge in [0.2, 0.25) is 0 Å². The molecule has 1 heterocycles. The number of nitrogens with one attached hydrogen (secondary N) is 1. The quantitative estimate of drug-likeness (QED) is 0.810. The molecule has 0 aromatic rings. The molecule has 1 N–H and O–H groups in total. The summed E-state index contributed by atoms with van der Waals surface area (Å²) in [6.45, 7) is 5.03. The number of nitrogens with zero attached hydrogens (tertiary/aromatic N) is 1. The lowest BCUT2D eigenvalue weighted by Crippen LogP contribution is -2.50. The molecule has 0 bridgehead atoms. The third kappa shape index (κ3) is 3.45. The first-order chi connectivity index (χ1) is 8.33. The van der Waals surface area contributed by atoms with E-state index in [1.807, 2.05) is 0 Å². The molecule has 0 aromatic carbocycles. The van der Waals surface area contributed by atoms with Crippen molar-refractivity contribution in [2.45, 2.75) is 70.4 Å². The minimum absolute atomic E-state index is 0.863. The Morgan fingerprint density at radius 1 is 1.06 bits per heavy atom. The van der Waals surface area contributed by atoms with E-state index in [0.29, 0.717) is 0 Å². The molecule has 2 aliphatic rings. The van der Waals surface area contributed by atoms with E-state index >= 15 is 0 Å². The SMILES string of the molecule is CNCCC1CCCCN1C1CCCCC1C. The summed E-state index contributed by atoms with van der Waals surface area (Å²) in [7, 11) is 2.08. The fourth-order valence-corrected chi connectivity index (χ4v) is 3.87. The van der Waals surface area contributed by atoms with Gasteiger partial charge in [-0.3, -0.25) is 4.90 Å². The summed E-state index contributed by atoms with van der Waals surface area (Å²) < 4.78 is 0. The lowest BCUT2D eigenvalue weighted by Gasteiger charge is -2.45. The van der Waals surface area contributed by atoms with Crippen molar-refractivity contribution >= 4 is 0 Å². The Bertz CT molecular complexity index is 217. The van der Waals surface area contributed by atoms with E-state index in [9.17, 15) is 0 Å². The van der Waals surface area contributed by atoms with Crippen LogP contribution in [0, 0.1) is 5.92 Å². The highest BCUT2D eigenvalue weighted by Crippen LogP contribution is 2.33. The molecule has 17 heavy (non-hydrogen) atoms. The van der Waals surface area contributed by atoms with Crippen LogP contribution in [0.5, 0.6) is 0 Å². The standard InChI is InChI=1S/C15H30N2/c1-13-7-3-4-9-15(13)17-12-6-5-8-14(17)10-11-16-2/h13-16H,3-12H2,1-2H3. The maximum absolute atomic E-state index is 3.32. The van der Waals surface area contributed by atoms with Gasteiger partial charge in [-0.1, -0.05) is 26.2 Å². The Hall–Kier alpha value is -0.0800. The Morgan fingerprint density at radius 3 is 2.59 bits per heavy atom. The van der Waals surface area contributed by atoms with Gasteiger partial charge in [-0.25, -0.2) is 0 Å². The third-order valence-corrected chi connectivity index (χ3v) is 4.89. The van der Waals surface area contributed by atoms with Gasteiger partial charge in [-0.2, -0.15) is 0 Å². The van der Waals surface area contributed by atoms with Crippen LogP contribution in [-0.2, 0) is 0 Å². The Balaban J connectivity index is 1.94. The van der Waals surface area contributed by atoms with Crippen LogP contribution < -0.4 is 5.32 Å². The summed E-state index contributed by atoms with van der Waals surface area (Å²) in [5, 5.41) is 3.32. The predicted molar refractivity (Wildman–Crippen MR) is 74.3 cm³/mol. The van der Waals surface area contributed by atoms with Gasteiger partial charge in [0, 0.05) is 12.1 Å². The van der Waals surface area contributed by atoms with Crippen molar-refractivity contribution in [2.75, 3.05) is 20.1 Å². The zero-order valence-corrected chi connectivity index (χ0v) is 11.8. The van der Waals surface area contributed by atoms with Crippen LogP contribution in [-0.4, -0.2) is 37.1 Å². The van der Waals surface area contributed by atoms with E-state index in [0.717, 1.165) is 18.0 Å². The fourth-order valence-electron chi connectivity index (χ4n) is 3.87. The van der Waals surface area contributed by atoms with Crippen molar-refractivity contribution in [3.8, 4) is 0 Å². The topological polar surface area (TPSA) is 15.3 Å². The number of rotatable bonds is 4. The lowest BCUT2D eigenvalue weighted by molar-refractivity contribution is 0.0404. The zero-order valence-electron chi connectivity index (χ0n) is 11.8. The molecule has 1 aliphatic heterocycles. The second kappa shape index (κ2) is 6.75. The normalized spacial score (nSPS) is 36.0. The number of hydrogen-bond donors (Lipinski definition) is 1. The summed E-state index contributed by atoms with van der Waals surface area (Å²) in [6, 6.07) is 1.76. The van der Waals surface area contributed by atoms with Crippen LogP contribution in [0.2, 0.25) is 0 Å². The maximum atomic E-state index is 3.32. The molecule has 0 spiro atoms. The zero-order chi connectivity index (χ0) is 12.1. The van der Waals surface area contributed by atoms with Gasteiger partial charge in [0.05, 0.1) is 0 Å². The van der Waals surface area contributed by atoms with Gasteiger partial charge in [0.1, 0.15) is 0 Å². The summed E-state index contributed by atoms with van der Waals surface area (Å²) in [6.07, 6.45) is 11.5. The number of likely N-dealkylation sites (tertiary alicyclic amines) is 1. The van der Waals surface area contributed by atoms with E-state index < -0.39 is 0 Å². The van der Waals surface area contributed by atoms with Crippen molar-refractivity contribution in [2.24, 2.45) is 5.92 Å². The first kappa shape index (κ1) is 13.4. The maximum Gasteiger partial charge on any atom is 0.0124 e. The number of hydrogen-bond acceptors (Lipinski definition) is 2. The third-order valence-electron chi connectivity index (χ3n) is 4.89. The molecule has 2 rings (SSSR count). The van der Waals surface area contributed by atoms with Crippen LogP contribution in [0.3, 0.4) is 0 Å². The van der Waals surface area contributed by atoms with Gasteiger partial charge >= 0.3 is 0 Å². The highest BCUT2D eigenvalue weighted by atomic mass is 15.2. The number of piperidine rings is 1. The molecule has 3 unspecified atom stereocenters. The van der Waals surface area contributed by atoms with Crippen LogP contribution >= 0.6 is 0 Å². The average Bonchev–Trinajstić information content (AvgIpc) is 2.37. The Morgan fingerprint density at radius 2 is 1.82 bits per heavy atom. The lowest BCUT2D eigenvalue weighted by atomic mass is 9.82. The van der Waals surface area contributed by atoms with Gasteiger partial charge in [-0.15, -0.1) is 0 Å². The van der Waals surface area contributed by atoms with Gasteiger partial charge < -0.3 is 5.32 Å². The molecule has 100 valence electrons. The van der Waals surface area contributed by atoms with Crippen molar-refractivity contribution in [3.63, 3.8) is 0 Å². The molecule has 1 saturated carbocycles. The van der Waals surface area contributed by atoms with E-state index in [-0.39, 0.29) is 0 Å². The second-order valence-electron chi connectivity index (χ2n) is 6.11. The first-order valence-corrected chi connectivity index (χ1v) is 7.73. The largest absolute Gasteiger partial charge is 0.320 e. The van der Waals surface area contributed by atoms with Crippen molar-refractivity contribution < 1.29 is 0 Å². The predicted octanol–water partition coefficient (Wildman–Crippen LogP) is 3.03. The smallest absolute Gasteiger partial charge is 0.0124 e. The van der Waals surface area contributed by atoms with Gasteiger partial charge in [-0.05, 0) is 58.2 Å². The molecular weight excluding hydrogens is 208 g/mol. The van der Waals surface area contributed by atoms with Crippen LogP contribution in [0.4, 0.5) is 0 Å². The Kier molecular flexibility index (Phi) is 5.30. The molecule has 2 fully saturated rings. The van der Waals surface area contributed by atoms with E-state index in [4.69, 9.17) is 0 Å². The van der Waals surface area contributed by atoms with E-state index in [2.05, 4.69) is 24.2 Å². The molecule has 0 aromatic heterocycles. The molecule has 1 saturated heterocycles. The molecule has 2 heteroatoms. The molecule has 0 radical (unpaired) electrons. The van der Waals surface area contributed by atoms with Gasteiger partial charge in [0.15, 0.2) is 0 Å². The Labute approximate surface area is 107 Å². The van der Waals surface area contributed by atoms with E-state index in [1.54, 1.807) is 0 Å². The van der Waals surface area contributed by atoms with Crippen LogP contribution in [0.1, 0.15) is 58.3 Å². The molecule has 0 amide bonds. The average molecular weight is 238 g/mol. The second-order valence-corrected chi connectivity index (χ2v) is 6.11. The fraction of sp³-hybridized carbons (Fsp3) is 1.00. The van der Waals surface area contributed by atoms with E-state index in [1.165, 1.54) is 64.5 Å². The van der Waals surface area contributed by atoms with Crippen molar-refractivity contribution in [1.82, 2.24) is 10.2 Å². The summed E-state index contributed by atoms with van der Waals surface area (Å²) in [5.41, 5.74) is 0. The summed E-state index contributed by atoms with van der Waals surface area (Å²) in [5.74, 6) is 0.930. The molecule has 2 nitrogen and oxygen atoms in total. The molecular formula is C15H30N2. The minimum Gasteiger partial charge on any atom is -0.320 e. The van der Waals surface area contributed by atoms with Crippen molar-refractivity contribution in [1.29, 1.82) is 0 Å². The highest BCUT2D eigenvalue weighted by molar-refractivity contribution is 4.87. The summed E-state index contributed by atoms with van der Waals surface area (Å²) in [4.78, 5) is 2.88. The molecule has 3 atom stereocenters. The monoisotopic (exact) mass is 238 g/mol. The highest BCUT2D eigenvalue weighted by Gasteiger charge is 2.32. The summed E-state index contributed by atoms with van der Waals surface area (Å²) >= 11 is 0. The minimum atomic E-state index is 0.863. The molecule has 1 aliphatic carbocycles. The van der Waals surface area contributed by atoms with Gasteiger partial charge in [0.25, 0.3) is 0 Å².